The first-order valence-corrected chi connectivity index (χ1v) is 16.2. The summed E-state index contributed by atoms with van der Waals surface area (Å²) in [7, 11) is 0. The number of nitrogens with zero attached hydrogens (tertiary/aromatic N) is 4. The molecule has 2 heterocycles. The van der Waals surface area contributed by atoms with Crippen LogP contribution < -0.4 is 19.3 Å². The van der Waals surface area contributed by atoms with Gasteiger partial charge in [-0.1, -0.05) is 84.9 Å². The van der Waals surface area contributed by atoms with Crippen LogP contribution >= 0.6 is 0 Å². The molecule has 7 aromatic rings. The summed E-state index contributed by atoms with van der Waals surface area (Å²) in [5.41, 5.74) is 9.56. The van der Waals surface area contributed by atoms with Crippen molar-refractivity contribution >= 4 is 39.8 Å². The van der Waals surface area contributed by atoms with Crippen molar-refractivity contribution in [2.45, 2.75) is 0 Å². The van der Waals surface area contributed by atoms with Crippen LogP contribution in [0.4, 0.5) is 39.8 Å². The first-order valence-electron chi connectivity index (χ1n) is 16.2. The Balaban J connectivity index is 1.06. The lowest BCUT2D eigenvalue weighted by Crippen LogP contribution is -2.15. The Morgan fingerprint density at radius 3 is 1.20 bits per heavy atom. The van der Waals surface area contributed by atoms with Gasteiger partial charge in [0, 0.05) is 11.4 Å². The van der Waals surface area contributed by atoms with E-state index in [4.69, 9.17) is 16.0 Å². The van der Waals surface area contributed by atoms with Crippen LogP contribution in [0, 0.1) is 17.9 Å². The zero-order valence-corrected chi connectivity index (χ0v) is 26.6. The molecule has 0 aliphatic carbocycles. The highest BCUT2D eigenvalue weighted by Crippen LogP contribution is 2.52. The maximum absolute atomic E-state index is 10.4. The minimum Gasteiger partial charge on any atom is -0.453 e. The number of hydrogen-bond donors (Lipinski definition) is 0. The molecule has 2 aliphatic rings. The van der Waals surface area contributed by atoms with Crippen LogP contribution in [-0.2, 0) is 0 Å². The van der Waals surface area contributed by atoms with E-state index in [1.165, 1.54) is 0 Å². The summed E-state index contributed by atoms with van der Waals surface area (Å²) >= 11 is 0. The van der Waals surface area contributed by atoms with Crippen LogP contribution in [0.25, 0.3) is 27.1 Å². The minimum absolute atomic E-state index is 0.333. The van der Waals surface area contributed by atoms with Crippen molar-refractivity contribution in [3.05, 3.63) is 175 Å². The number of hydrogen-bond acceptors (Lipinski definition) is 5. The first kappa shape index (κ1) is 28.9. The van der Waals surface area contributed by atoms with Crippen molar-refractivity contribution in [2.75, 3.05) is 9.80 Å². The molecule has 0 fully saturated rings. The van der Waals surface area contributed by atoms with E-state index in [-0.39, 0.29) is 0 Å². The smallest absolute Gasteiger partial charge is 0.212 e. The second-order valence-electron chi connectivity index (χ2n) is 11.9. The third kappa shape index (κ3) is 4.64. The second-order valence-corrected chi connectivity index (χ2v) is 11.9. The summed E-state index contributed by atoms with van der Waals surface area (Å²) in [6.45, 7) is 8.14. The largest absolute Gasteiger partial charge is 0.453 e. The van der Waals surface area contributed by atoms with Crippen LogP contribution in [0.15, 0.2) is 158 Å². The van der Waals surface area contributed by atoms with Crippen LogP contribution in [0.5, 0.6) is 23.0 Å². The monoisotopic (exact) mass is 642 g/mol. The van der Waals surface area contributed by atoms with Gasteiger partial charge in [-0.3, -0.25) is 0 Å². The zero-order chi connectivity index (χ0) is 33.6. The number of para-hydroxylation sites is 8. The van der Waals surface area contributed by atoms with E-state index < -0.39 is 0 Å². The topological polar surface area (TPSA) is 53.1 Å². The molecule has 234 valence electrons. The highest BCUT2D eigenvalue weighted by molar-refractivity contribution is 5.92. The van der Waals surface area contributed by atoms with Crippen LogP contribution in [0.1, 0.15) is 5.56 Å². The standard InChI is InChI=1S/C44H26N4O2/c1-46-44-34(30-20-24-32(25-21-30)48-38-12-4-8-16-42(38)50-43-17-9-5-13-39(43)48)27-26-33(35(44)28-45)29-18-22-31(23-19-29)47-36-10-2-6-14-40(36)49-41-15-7-3-11-37(41)47/h2-27H. The molecule has 0 saturated heterocycles. The fourth-order valence-electron chi connectivity index (χ4n) is 6.84. The SMILES string of the molecule is [C-]#[N+]c1c(-c2ccc(N3c4ccccc4Oc4ccccc43)cc2)ccc(-c2ccc(N3c4ccccc4Oc4ccccc43)cc2)c1C#N. The number of rotatable bonds is 4. The molecule has 6 nitrogen and oxygen atoms in total. The van der Waals surface area contributed by atoms with Crippen molar-refractivity contribution < 1.29 is 9.47 Å². The lowest BCUT2D eigenvalue weighted by Gasteiger charge is -2.32. The van der Waals surface area contributed by atoms with E-state index in [9.17, 15) is 5.26 Å². The molecular formula is C44H26N4O2. The predicted molar refractivity (Wildman–Crippen MR) is 198 cm³/mol. The summed E-state index contributed by atoms with van der Waals surface area (Å²) < 4.78 is 12.4. The lowest BCUT2D eigenvalue weighted by atomic mass is 9.93. The Labute approximate surface area is 289 Å². The molecule has 0 aromatic heterocycles. The van der Waals surface area contributed by atoms with Gasteiger partial charge in [0.05, 0.1) is 41.0 Å². The Kier molecular flexibility index (Phi) is 6.79. The van der Waals surface area contributed by atoms with Gasteiger partial charge in [-0.2, -0.15) is 5.26 Å². The Morgan fingerprint density at radius 2 is 0.820 bits per heavy atom. The minimum atomic E-state index is 0.333. The highest BCUT2D eigenvalue weighted by Gasteiger charge is 2.27. The third-order valence-corrected chi connectivity index (χ3v) is 9.14. The number of anilines is 6. The molecule has 0 amide bonds. The van der Waals surface area contributed by atoms with Crippen molar-refractivity contribution in [1.29, 1.82) is 5.26 Å². The zero-order valence-electron chi connectivity index (χ0n) is 26.6. The predicted octanol–water partition coefficient (Wildman–Crippen LogP) is 12.6. The quantitative estimate of drug-likeness (QED) is 0.179. The average Bonchev–Trinajstić information content (AvgIpc) is 3.18. The molecule has 6 heteroatoms. The van der Waals surface area contributed by atoms with Gasteiger partial charge in [0.25, 0.3) is 0 Å². The number of fused-ring (bicyclic) bond motifs is 4. The molecule has 0 radical (unpaired) electrons. The first-order chi connectivity index (χ1) is 24.7. The molecule has 0 unspecified atom stereocenters. The van der Waals surface area contributed by atoms with Gasteiger partial charge >= 0.3 is 0 Å². The highest BCUT2D eigenvalue weighted by atomic mass is 16.5. The third-order valence-electron chi connectivity index (χ3n) is 9.14. The normalized spacial score (nSPS) is 12.2. The molecular weight excluding hydrogens is 617 g/mol. The summed E-state index contributed by atoms with van der Waals surface area (Å²) in [5.74, 6) is 3.14. The summed E-state index contributed by atoms with van der Waals surface area (Å²) in [6, 6.07) is 54.3. The molecule has 0 bridgehead atoms. The molecule has 0 N–H and O–H groups in total. The van der Waals surface area contributed by atoms with Gasteiger partial charge in [0.15, 0.2) is 23.0 Å². The number of nitriles is 1. The molecule has 9 rings (SSSR count). The van der Waals surface area contributed by atoms with Gasteiger partial charge in [-0.05, 0) is 95.1 Å². The van der Waals surface area contributed by atoms with Gasteiger partial charge in [-0.25, -0.2) is 4.85 Å². The van der Waals surface area contributed by atoms with Gasteiger partial charge in [0.1, 0.15) is 0 Å². The van der Waals surface area contributed by atoms with E-state index in [1.54, 1.807) is 0 Å². The van der Waals surface area contributed by atoms with E-state index in [2.05, 4.69) is 20.7 Å². The maximum atomic E-state index is 10.4. The van der Waals surface area contributed by atoms with Crippen LogP contribution in [0.3, 0.4) is 0 Å². The second kappa shape index (κ2) is 11.8. The van der Waals surface area contributed by atoms with Crippen LogP contribution in [0.2, 0.25) is 0 Å². The fourth-order valence-corrected chi connectivity index (χ4v) is 6.84. The summed E-state index contributed by atoms with van der Waals surface area (Å²) in [5, 5.41) is 10.4. The molecule has 7 aromatic carbocycles. The molecule has 0 saturated carbocycles. The number of benzene rings is 7. The summed E-state index contributed by atoms with van der Waals surface area (Å²) in [4.78, 5) is 8.25. The Morgan fingerprint density at radius 1 is 0.460 bits per heavy atom. The molecule has 2 aliphatic heterocycles. The van der Waals surface area contributed by atoms with Gasteiger partial charge in [-0.15, -0.1) is 0 Å². The van der Waals surface area contributed by atoms with Crippen molar-refractivity contribution in [1.82, 2.24) is 0 Å². The van der Waals surface area contributed by atoms with E-state index in [1.807, 2.05) is 158 Å². The van der Waals surface area contributed by atoms with Gasteiger partial charge < -0.3 is 19.3 Å². The van der Waals surface area contributed by atoms with Crippen LogP contribution in [-0.4, -0.2) is 0 Å². The van der Waals surface area contributed by atoms with E-state index >= 15 is 0 Å². The molecule has 0 atom stereocenters. The van der Waals surface area contributed by atoms with Crippen molar-refractivity contribution in [2.24, 2.45) is 0 Å². The van der Waals surface area contributed by atoms with E-state index in [0.29, 0.717) is 16.8 Å². The fraction of sp³-hybridized carbons (Fsp3) is 0. The van der Waals surface area contributed by atoms with E-state index in [0.717, 1.165) is 73.8 Å². The maximum Gasteiger partial charge on any atom is 0.212 e. The molecule has 0 spiro atoms. The Hall–Kier alpha value is -7.28. The average molecular weight is 643 g/mol. The summed E-state index contributed by atoms with van der Waals surface area (Å²) in [6.07, 6.45) is 0. The van der Waals surface area contributed by atoms with Gasteiger partial charge in [0.2, 0.25) is 5.69 Å². The Bertz CT molecular complexity index is 2260. The van der Waals surface area contributed by atoms with Crippen molar-refractivity contribution in [3.63, 3.8) is 0 Å². The number of ether oxygens (including phenoxy) is 2. The van der Waals surface area contributed by atoms with Crippen molar-refractivity contribution in [3.8, 4) is 51.3 Å². The lowest BCUT2D eigenvalue weighted by molar-refractivity contribution is 0.477. The molecule has 50 heavy (non-hydrogen) atoms.